The lowest BCUT2D eigenvalue weighted by Gasteiger charge is -2.01. The summed E-state index contributed by atoms with van der Waals surface area (Å²) in [4.78, 5) is 16.7. The summed E-state index contributed by atoms with van der Waals surface area (Å²) < 4.78 is 0.973. The summed E-state index contributed by atoms with van der Waals surface area (Å²) in [5.74, 6) is -0.423. The van der Waals surface area contributed by atoms with Crippen LogP contribution in [0.15, 0.2) is 63.7 Å². The van der Waals surface area contributed by atoms with Gasteiger partial charge < -0.3 is 4.84 Å². The van der Waals surface area contributed by atoms with Crippen molar-refractivity contribution in [3.63, 3.8) is 0 Å². The van der Waals surface area contributed by atoms with Gasteiger partial charge in [-0.1, -0.05) is 63.0 Å². The molecule has 3 nitrogen and oxygen atoms in total. The summed E-state index contributed by atoms with van der Waals surface area (Å²) in [6, 6.07) is 15.5. The molecule has 2 aromatic rings. The number of hydrogen-bond acceptors (Lipinski definition) is 3. The Morgan fingerprint density at radius 2 is 1.71 bits per heavy atom. The first-order valence-corrected chi connectivity index (χ1v) is 7.27. The zero-order valence-corrected chi connectivity index (χ0v) is 12.9. The minimum absolute atomic E-state index is 0.423. The van der Waals surface area contributed by atoms with Gasteiger partial charge in [-0.15, -0.1) is 0 Å². The van der Waals surface area contributed by atoms with Crippen LogP contribution in [0.5, 0.6) is 0 Å². The third-order valence-electron chi connectivity index (χ3n) is 3.20. The van der Waals surface area contributed by atoms with Gasteiger partial charge in [-0.3, -0.25) is 0 Å². The van der Waals surface area contributed by atoms with Crippen molar-refractivity contribution < 1.29 is 9.63 Å². The van der Waals surface area contributed by atoms with E-state index in [9.17, 15) is 4.79 Å². The van der Waals surface area contributed by atoms with E-state index in [1.54, 1.807) is 6.08 Å². The first-order valence-electron chi connectivity index (χ1n) is 6.47. The summed E-state index contributed by atoms with van der Waals surface area (Å²) in [5.41, 5.74) is 4.00. The Hall–Kier alpha value is -2.20. The molecule has 0 radical (unpaired) electrons. The van der Waals surface area contributed by atoms with Crippen molar-refractivity contribution in [2.75, 3.05) is 0 Å². The largest absolute Gasteiger partial charge is 0.368 e. The molecule has 2 aromatic carbocycles. The molecule has 0 aliphatic carbocycles. The van der Waals surface area contributed by atoms with Gasteiger partial charge in [0.1, 0.15) is 5.71 Å². The topological polar surface area (TPSA) is 38.7 Å². The van der Waals surface area contributed by atoms with E-state index in [0.29, 0.717) is 11.3 Å². The van der Waals surface area contributed by atoms with Crippen LogP contribution in [-0.2, 0) is 9.63 Å². The van der Waals surface area contributed by atoms with Gasteiger partial charge in [0.15, 0.2) is 0 Å². The van der Waals surface area contributed by atoms with Crippen LogP contribution in [0.1, 0.15) is 16.7 Å². The average Bonchev–Trinajstić information content (AvgIpc) is 2.84. The second-order valence-electron chi connectivity index (χ2n) is 4.79. The van der Waals surface area contributed by atoms with Crippen molar-refractivity contribution in [2.45, 2.75) is 6.92 Å². The molecule has 1 heterocycles. The molecular formula is C17H12BrNO2. The fraction of sp³-hybridized carbons (Fsp3) is 0.0588. The number of hydrogen-bond donors (Lipinski definition) is 0. The van der Waals surface area contributed by atoms with E-state index in [1.165, 1.54) is 5.56 Å². The van der Waals surface area contributed by atoms with E-state index in [2.05, 4.69) is 21.1 Å². The lowest BCUT2D eigenvalue weighted by molar-refractivity contribution is -0.136. The standard InChI is InChI=1S/C17H12BrNO2/c1-11-2-4-12(5-3-11)10-15-16(19-21-17(15)20)13-6-8-14(18)9-7-13/h2-10H,1H3/b15-10-. The molecule has 0 saturated carbocycles. The Bertz CT molecular complexity index is 743. The molecule has 0 atom stereocenters. The lowest BCUT2D eigenvalue weighted by Crippen LogP contribution is -2.06. The number of rotatable bonds is 2. The number of nitrogens with zero attached hydrogens (tertiary/aromatic N) is 1. The van der Waals surface area contributed by atoms with Gasteiger partial charge in [0.05, 0.1) is 5.57 Å². The SMILES string of the molecule is Cc1ccc(/C=C2\C(=O)ON=C2c2ccc(Br)cc2)cc1. The monoisotopic (exact) mass is 341 g/mol. The average molecular weight is 342 g/mol. The van der Waals surface area contributed by atoms with Crippen LogP contribution in [0.25, 0.3) is 6.08 Å². The van der Waals surface area contributed by atoms with Gasteiger partial charge in [0.2, 0.25) is 0 Å². The molecule has 21 heavy (non-hydrogen) atoms. The highest BCUT2D eigenvalue weighted by Crippen LogP contribution is 2.22. The van der Waals surface area contributed by atoms with E-state index < -0.39 is 5.97 Å². The van der Waals surface area contributed by atoms with Gasteiger partial charge in [-0.25, -0.2) is 4.79 Å². The molecule has 0 spiro atoms. The molecule has 104 valence electrons. The number of carbonyl (C=O) groups is 1. The Labute approximate surface area is 131 Å². The van der Waals surface area contributed by atoms with Crippen LogP contribution < -0.4 is 0 Å². The van der Waals surface area contributed by atoms with Crippen LogP contribution in [-0.4, -0.2) is 11.7 Å². The van der Waals surface area contributed by atoms with Crippen LogP contribution in [0.3, 0.4) is 0 Å². The Morgan fingerprint density at radius 3 is 2.38 bits per heavy atom. The Morgan fingerprint density at radius 1 is 1.05 bits per heavy atom. The molecule has 3 rings (SSSR count). The quantitative estimate of drug-likeness (QED) is 0.609. The fourth-order valence-corrected chi connectivity index (χ4v) is 2.32. The van der Waals surface area contributed by atoms with Gasteiger partial charge in [-0.05, 0) is 30.7 Å². The van der Waals surface area contributed by atoms with Crippen LogP contribution in [0.4, 0.5) is 0 Å². The van der Waals surface area contributed by atoms with Crippen molar-refractivity contribution in [3.05, 3.63) is 75.3 Å². The predicted molar refractivity (Wildman–Crippen MR) is 85.9 cm³/mol. The van der Waals surface area contributed by atoms with E-state index in [4.69, 9.17) is 4.84 Å². The van der Waals surface area contributed by atoms with Crippen molar-refractivity contribution in [1.82, 2.24) is 0 Å². The summed E-state index contributed by atoms with van der Waals surface area (Å²) in [6.07, 6.45) is 1.80. The molecule has 0 aromatic heterocycles. The zero-order valence-electron chi connectivity index (χ0n) is 11.3. The highest BCUT2D eigenvalue weighted by Gasteiger charge is 2.26. The fourth-order valence-electron chi connectivity index (χ4n) is 2.05. The molecule has 0 unspecified atom stereocenters. The minimum atomic E-state index is -0.423. The number of aryl methyl sites for hydroxylation is 1. The Kier molecular flexibility index (Phi) is 3.71. The van der Waals surface area contributed by atoms with Crippen molar-refractivity contribution in [3.8, 4) is 0 Å². The second-order valence-corrected chi connectivity index (χ2v) is 5.71. The molecule has 0 N–H and O–H groups in total. The predicted octanol–water partition coefficient (Wildman–Crippen LogP) is 4.10. The molecule has 0 bridgehead atoms. The maximum atomic E-state index is 11.9. The number of oxime groups is 1. The highest BCUT2D eigenvalue weighted by molar-refractivity contribution is 9.10. The molecule has 0 fully saturated rings. The number of carbonyl (C=O) groups excluding carboxylic acids is 1. The normalized spacial score (nSPS) is 16.0. The van der Waals surface area contributed by atoms with Crippen molar-refractivity contribution >= 4 is 33.7 Å². The summed E-state index contributed by atoms with van der Waals surface area (Å²) >= 11 is 3.39. The zero-order chi connectivity index (χ0) is 14.8. The van der Waals surface area contributed by atoms with Crippen molar-refractivity contribution in [2.24, 2.45) is 5.16 Å². The molecule has 1 aliphatic heterocycles. The number of benzene rings is 2. The minimum Gasteiger partial charge on any atom is -0.312 e. The first kappa shape index (κ1) is 13.8. The van der Waals surface area contributed by atoms with E-state index in [-0.39, 0.29) is 0 Å². The molecule has 0 saturated heterocycles. The third-order valence-corrected chi connectivity index (χ3v) is 3.73. The van der Waals surface area contributed by atoms with Crippen LogP contribution in [0.2, 0.25) is 0 Å². The smallest absolute Gasteiger partial charge is 0.312 e. The molecule has 1 aliphatic rings. The maximum absolute atomic E-state index is 11.9. The summed E-state index contributed by atoms with van der Waals surface area (Å²) in [7, 11) is 0. The van der Waals surface area contributed by atoms with E-state index in [1.807, 2.05) is 55.5 Å². The summed E-state index contributed by atoms with van der Waals surface area (Å²) in [5, 5.41) is 3.90. The van der Waals surface area contributed by atoms with Crippen LogP contribution >= 0.6 is 15.9 Å². The highest BCUT2D eigenvalue weighted by atomic mass is 79.9. The van der Waals surface area contributed by atoms with Crippen molar-refractivity contribution in [1.29, 1.82) is 0 Å². The Balaban J connectivity index is 1.99. The molecule has 0 amide bonds. The van der Waals surface area contributed by atoms with Crippen LogP contribution in [0, 0.1) is 6.92 Å². The van der Waals surface area contributed by atoms with Gasteiger partial charge in [0, 0.05) is 10.0 Å². The summed E-state index contributed by atoms with van der Waals surface area (Å²) in [6.45, 7) is 2.02. The van der Waals surface area contributed by atoms with Gasteiger partial charge >= 0.3 is 5.97 Å². The van der Waals surface area contributed by atoms with Gasteiger partial charge in [0.25, 0.3) is 0 Å². The second kappa shape index (κ2) is 5.66. The van der Waals surface area contributed by atoms with E-state index in [0.717, 1.165) is 15.6 Å². The van der Waals surface area contributed by atoms with E-state index >= 15 is 0 Å². The first-order chi connectivity index (χ1) is 10.1. The molecular weight excluding hydrogens is 330 g/mol. The lowest BCUT2D eigenvalue weighted by atomic mass is 10.0. The maximum Gasteiger partial charge on any atom is 0.368 e. The number of halogens is 1. The molecule has 4 heteroatoms. The third kappa shape index (κ3) is 2.95. The van der Waals surface area contributed by atoms with Gasteiger partial charge in [-0.2, -0.15) is 0 Å².